The van der Waals surface area contributed by atoms with E-state index >= 15 is 0 Å². The van der Waals surface area contributed by atoms with E-state index in [0.717, 1.165) is 23.9 Å². The van der Waals surface area contributed by atoms with Crippen molar-refractivity contribution < 1.29 is 0 Å². The third-order valence-corrected chi connectivity index (χ3v) is 3.51. The van der Waals surface area contributed by atoms with Gasteiger partial charge in [-0.3, -0.25) is 4.57 Å². The first-order valence-corrected chi connectivity index (χ1v) is 7.07. The Hall–Kier alpha value is -0.750. The fraction of sp³-hybridized carbons (Fsp3) is 0.818. The van der Waals surface area contributed by atoms with Crippen molar-refractivity contribution in [2.45, 2.75) is 51.4 Å². The highest BCUT2D eigenvalue weighted by molar-refractivity contribution is 7.99. The van der Waals surface area contributed by atoms with Crippen LogP contribution in [-0.4, -0.2) is 33.1 Å². The maximum absolute atomic E-state index is 11.5. The van der Waals surface area contributed by atoms with Gasteiger partial charge in [0.15, 0.2) is 5.16 Å². The Labute approximate surface area is 106 Å². The fourth-order valence-electron chi connectivity index (χ4n) is 1.62. The maximum atomic E-state index is 11.5. The van der Waals surface area contributed by atoms with Crippen molar-refractivity contribution in [3.05, 3.63) is 10.5 Å². The molecule has 0 aliphatic carbocycles. The monoisotopic (exact) mass is 258 g/mol. The molecule has 0 bridgehead atoms. The van der Waals surface area contributed by atoms with E-state index in [4.69, 9.17) is 0 Å². The van der Waals surface area contributed by atoms with Gasteiger partial charge in [-0.15, -0.1) is 5.10 Å². The van der Waals surface area contributed by atoms with Crippen molar-refractivity contribution in [1.82, 2.24) is 20.1 Å². The van der Waals surface area contributed by atoms with Gasteiger partial charge in [-0.1, -0.05) is 18.7 Å². The highest BCUT2D eigenvalue weighted by atomic mass is 32.2. The predicted octanol–water partition coefficient (Wildman–Crippen LogP) is 1.63. The van der Waals surface area contributed by atoms with Gasteiger partial charge in [0.1, 0.15) is 0 Å². The predicted molar refractivity (Wildman–Crippen MR) is 71.7 cm³/mol. The normalized spacial score (nSPS) is 13.2. The molecule has 1 heterocycles. The zero-order valence-corrected chi connectivity index (χ0v) is 11.8. The molecule has 2 N–H and O–H groups in total. The van der Waals surface area contributed by atoms with Gasteiger partial charge in [0, 0.05) is 17.8 Å². The van der Waals surface area contributed by atoms with Crippen LogP contribution in [0.15, 0.2) is 9.95 Å². The average molecular weight is 258 g/mol. The van der Waals surface area contributed by atoms with E-state index in [1.807, 2.05) is 13.8 Å². The van der Waals surface area contributed by atoms with Crippen LogP contribution in [-0.2, 0) is 0 Å². The first-order chi connectivity index (χ1) is 8.06. The molecule has 0 saturated heterocycles. The number of hydrogen-bond acceptors (Lipinski definition) is 4. The van der Waals surface area contributed by atoms with E-state index < -0.39 is 0 Å². The SMILES string of the molecule is CCNC(C)CCSc1n[nH]c(=O)n1C(C)C. The van der Waals surface area contributed by atoms with Crippen LogP contribution in [0.3, 0.4) is 0 Å². The summed E-state index contributed by atoms with van der Waals surface area (Å²) < 4.78 is 1.70. The lowest BCUT2D eigenvalue weighted by Gasteiger charge is -2.12. The van der Waals surface area contributed by atoms with Crippen LogP contribution in [0.4, 0.5) is 0 Å². The number of nitrogens with one attached hydrogen (secondary N) is 2. The Morgan fingerprint density at radius 3 is 2.76 bits per heavy atom. The largest absolute Gasteiger partial charge is 0.344 e. The lowest BCUT2D eigenvalue weighted by Crippen LogP contribution is -2.26. The minimum absolute atomic E-state index is 0.123. The van der Waals surface area contributed by atoms with Crippen LogP contribution >= 0.6 is 11.8 Å². The molecule has 5 nitrogen and oxygen atoms in total. The lowest BCUT2D eigenvalue weighted by atomic mass is 10.3. The van der Waals surface area contributed by atoms with Crippen molar-refractivity contribution in [2.75, 3.05) is 12.3 Å². The second kappa shape index (κ2) is 6.86. The smallest absolute Gasteiger partial charge is 0.315 e. The number of rotatable bonds is 7. The second-order valence-corrected chi connectivity index (χ2v) is 5.43. The zero-order valence-electron chi connectivity index (χ0n) is 11.0. The number of thioether (sulfide) groups is 1. The highest BCUT2D eigenvalue weighted by Crippen LogP contribution is 2.18. The zero-order chi connectivity index (χ0) is 12.8. The average Bonchev–Trinajstić information content (AvgIpc) is 2.60. The molecule has 6 heteroatoms. The van der Waals surface area contributed by atoms with Crippen LogP contribution in [0.5, 0.6) is 0 Å². The minimum Gasteiger partial charge on any atom is -0.315 e. The van der Waals surface area contributed by atoms with Crippen molar-refractivity contribution in [3.8, 4) is 0 Å². The van der Waals surface area contributed by atoms with E-state index in [9.17, 15) is 4.79 Å². The van der Waals surface area contributed by atoms with Crippen molar-refractivity contribution in [3.63, 3.8) is 0 Å². The van der Waals surface area contributed by atoms with E-state index in [0.29, 0.717) is 6.04 Å². The van der Waals surface area contributed by atoms with Gasteiger partial charge in [0.05, 0.1) is 0 Å². The molecule has 98 valence electrons. The molecule has 1 aromatic rings. The van der Waals surface area contributed by atoms with Gasteiger partial charge in [-0.05, 0) is 33.7 Å². The third-order valence-electron chi connectivity index (χ3n) is 2.52. The molecule has 0 spiro atoms. The van der Waals surface area contributed by atoms with Gasteiger partial charge < -0.3 is 5.32 Å². The molecule has 0 aliphatic heterocycles. The summed E-state index contributed by atoms with van der Waals surface area (Å²) in [6.45, 7) is 9.24. The van der Waals surface area contributed by atoms with Crippen LogP contribution in [0, 0.1) is 0 Å². The number of nitrogens with zero attached hydrogens (tertiary/aromatic N) is 2. The second-order valence-electron chi connectivity index (χ2n) is 4.37. The van der Waals surface area contributed by atoms with E-state index in [-0.39, 0.29) is 11.7 Å². The Bertz CT molecular complexity index is 385. The van der Waals surface area contributed by atoms with Crippen molar-refractivity contribution >= 4 is 11.8 Å². The summed E-state index contributed by atoms with van der Waals surface area (Å²) in [5.41, 5.74) is -0.123. The Morgan fingerprint density at radius 2 is 2.18 bits per heavy atom. The Kier molecular flexibility index (Phi) is 5.77. The van der Waals surface area contributed by atoms with E-state index in [1.165, 1.54) is 0 Å². The molecule has 0 amide bonds. The number of hydrogen-bond donors (Lipinski definition) is 2. The van der Waals surface area contributed by atoms with Crippen molar-refractivity contribution in [2.24, 2.45) is 0 Å². The molecule has 0 fully saturated rings. The maximum Gasteiger partial charge on any atom is 0.344 e. The number of aromatic amines is 1. The molecular formula is C11H22N4OS. The quantitative estimate of drug-likeness (QED) is 0.730. The van der Waals surface area contributed by atoms with Gasteiger partial charge in [-0.25, -0.2) is 9.89 Å². The van der Waals surface area contributed by atoms with Crippen LogP contribution in [0.25, 0.3) is 0 Å². The van der Waals surface area contributed by atoms with Crippen LogP contribution in [0.2, 0.25) is 0 Å². The highest BCUT2D eigenvalue weighted by Gasteiger charge is 2.11. The topological polar surface area (TPSA) is 62.7 Å². The van der Waals surface area contributed by atoms with Gasteiger partial charge in [0.25, 0.3) is 0 Å². The summed E-state index contributed by atoms with van der Waals surface area (Å²) in [4.78, 5) is 11.5. The summed E-state index contributed by atoms with van der Waals surface area (Å²) in [7, 11) is 0. The Balaban J connectivity index is 2.50. The fourth-order valence-corrected chi connectivity index (χ4v) is 2.82. The molecule has 1 unspecified atom stereocenters. The molecule has 0 aromatic carbocycles. The Morgan fingerprint density at radius 1 is 1.47 bits per heavy atom. The van der Waals surface area contributed by atoms with Gasteiger partial charge in [-0.2, -0.15) is 0 Å². The molecular weight excluding hydrogens is 236 g/mol. The molecule has 1 aromatic heterocycles. The molecule has 17 heavy (non-hydrogen) atoms. The van der Waals surface area contributed by atoms with Crippen LogP contribution < -0.4 is 11.0 Å². The molecule has 0 aliphatic rings. The molecule has 0 saturated carbocycles. The van der Waals surface area contributed by atoms with E-state index in [1.54, 1.807) is 16.3 Å². The summed E-state index contributed by atoms with van der Waals surface area (Å²) in [6.07, 6.45) is 1.07. The van der Waals surface area contributed by atoms with Crippen molar-refractivity contribution in [1.29, 1.82) is 0 Å². The first kappa shape index (κ1) is 14.3. The van der Waals surface area contributed by atoms with E-state index in [2.05, 4.69) is 29.4 Å². The summed E-state index contributed by atoms with van der Waals surface area (Å²) in [5.74, 6) is 0.963. The lowest BCUT2D eigenvalue weighted by molar-refractivity contribution is 0.532. The first-order valence-electron chi connectivity index (χ1n) is 6.09. The molecule has 0 radical (unpaired) electrons. The third kappa shape index (κ3) is 4.20. The summed E-state index contributed by atoms with van der Waals surface area (Å²) >= 11 is 1.63. The molecule has 1 atom stereocenters. The van der Waals surface area contributed by atoms with Gasteiger partial charge in [0.2, 0.25) is 0 Å². The molecule has 1 rings (SSSR count). The standard InChI is InChI=1S/C11H22N4OS/c1-5-12-9(4)6-7-17-11-14-13-10(16)15(11)8(2)3/h8-9,12H,5-7H2,1-4H3,(H,13,16). The summed E-state index contributed by atoms with van der Waals surface area (Å²) in [5, 5.41) is 10.7. The van der Waals surface area contributed by atoms with Gasteiger partial charge >= 0.3 is 5.69 Å². The summed E-state index contributed by atoms with van der Waals surface area (Å²) in [6, 6.07) is 0.653. The minimum atomic E-state index is -0.123. The number of H-pyrrole nitrogens is 1. The number of aromatic nitrogens is 3. The van der Waals surface area contributed by atoms with Crippen LogP contribution in [0.1, 0.15) is 40.2 Å².